The number of hydrogen-bond acceptors (Lipinski definition) is 4. The van der Waals surface area contributed by atoms with Crippen LogP contribution in [0.15, 0.2) is 10.9 Å². The van der Waals surface area contributed by atoms with Crippen molar-refractivity contribution in [2.75, 3.05) is 18.4 Å². The number of aromatic amines is 1. The Morgan fingerprint density at radius 2 is 2.22 bits per heavy atom. The van der Waals surface area contributed by atoms with E-state index in [0.717, 1.165) is 12.8 Å². The van der Waals surface area contributed by atoms with E-state index in [1.165, 1.54) is 6.07 Å². The number of unbranched alkanes of at least 4 members (excludes halogenated alkanes) is 1. The number of nitrogens with two attached hydrogens (primary N) is 1. The molecule has 0 bridgehead atoms. The Hall–Kier alpha value is -1.60. The van der Waals surface area contributed by atoms with Crippen LogP contribution in [0.25, 0.3) is 0 Å². The van der Waals surface area contributed by atoms with Gasteiger partial charge in [-0.3, -0.25) is 15.1 Å². The van der Waals surface area contributed by atoms with Gasteiger partial charge in [0.25, 0.3) is 5.56 Å². The quantitative estimate of drug-likeness (QED) is 0.581. The average molecular weight is 276 g/mol. The van der Waals surface area contributed by atoms with Gasteiger partial charge in [0.1, 0.15) is 0 Å². The van der Waals surface area contributed by atoms with Gasteiger partial charge in [0.2, 0.25) is 5.95 Å². The lowest BCUT2D eigenvalue weighted by atomic mass is 10.3. The molecule has 0 fully saturated rings. The molecule has 0 atom stereocenters. The molecule has 0 aromatic carbocycles. The van der Waals surface area contributed by atoms with Gasteiger partial charge in [-0.2, -0.15) is 0 Å². The molecule has 1 rings (SSSR count). The fourth-order valence-electron chi connectivity index (χ4n) is 1.26. The summed E-state index contributed by atoms with van der Waals surface area (Å²) in [5, 5.41) is 5.09. The molecule has 1 aromatic heterocycles. The van der Waals surface area contributed by atoms with Crippen molar-refractivity contribution < 1.29 is 4.79 Å². The first kappa shape index (κ1) is 16.4. The molecule has 0 aliphatic rings. The minimum absolute atomic E-state index is 0. The van der Waals surface area contributed by atoms with Gasteiger partial charge in [0.15, 0.2) is 0 Å². The second kappa shape index (κ2) is 8.48. The lowest BCUT2D eigenvalue weighted by Crippen LogP contribution is -2.31. The molecule has 7 nitrogen and oxygen atoms in total. The van der Waals surface area contributed by atoms with E-state index in [4.69, 9.17) is 5.73 Å². The van der Waals surface area contributed by atoms with Gasteiger partial charge >= 0.3 is 6.03 Å². The van der Waals surface area contributed by atoms with Crippen LogP contribution in [-0.4, -0.2) is 29.1 Å². The zero-order valence-electron chi connectivity index (χ0n) is 10.2. The van der Waals surface area contributed by atoms with E-state index in [2.05, 4.69) is 20.6 Å². The van der Waals surface area contributed by atoms with E-state index in [1.807, 2.05) is 0 Å². The SMILES string of the molecule is Cc1cc(=O)[nH]c(NC(=O)NCCCCN)n1.Cl. The summed E-state index contributed by atoms with van der Waals surface area (Å²) in [6.45, 7) is 2.83. The van der Waals surface area contributed by atoms with Gasteiger partial charge in [-0.1, -0.05) is 0 Å². The van der Waals surface area contributed by atoms with E-state index in [9.17, 15) is 9.59 Å². The molecule has 0 saturated carbocycles. The predicted molar refractivity (Wildman–Crippen MR) is 72.2 cm³/mol. The summed E-state index contributed by atoms with van der Waals surface area (Å²) in [5.74, 6) is 0.145. The molecule has 18 heavy (non-hydrogen) atoms. The Morgan fingerprint density at radius 1 is 1.50 bits per heavy atom. The number of H-pyrrole nitrogens is 1. The number of carbonyl (C=O) groups excluding carboxylic acids is 1. The third-order valence-electron chi connectivity index (χ3n) is 2.02. The minimum Gasteiger partial charge on any atom is -0.338 e. The molecule has 8 heteroatoms. The summed E-state index contributed by atoms with van der Waals surface area (Å²) >= 11 is 0. The number of carbonyl (C=O) groups is 1. The van der Waals surface area contributed by atoms with Crippen molar-refractivity contribution in [1.82, 2.24) is 15.3 Å². The molecular formula is C10H18ClN5O2. The monoisotopic (exact) mass is 275 g/mol. The van der Waals surface area contributed by atoms with Gasteiger partial charge in [0.05, 0.1) is 0 Å². The maximum absolute atomic E-state index is 11.4. The first-order chi connectivity index (χ1) is 8.11. The number of rotatable bonds is 5. The van der Waals surface area contributed by atoms with E-state index in [-0.39, 0.29) is 23.9 Å². The summed E-state index contributed by atoms with van der Waals surface area (Å²) in [7, 11) is 0. The van der Waals surface area contributed by atoms with E-state index in [1.54, 1.807) is 6.92 Å². The smallest absolute Gasteiger partial charge is 0.321 e. The summed E-state index contributed by atoms with van der Waals surface area (Å²) < 4.78 is 0. The van der Waals surface area contributed by atoms with Crippen LogP contribution in [0, 0.1) is 6.92 Å². The summed E-state index contributed by atoms with van der Waals surface area (Å²) in [6.07, 6.45) is 1.68. The minimum atomic E-state index is -0.393. The second-order valence-electron chi connectivity index (χ2n) is 3.61. The molecule has 2 amide bonds. The van der Waals surface area contributed by atoms with Gasteiger partial charge in [0, 0.05) is 18.3 Å². The molecule has 0 spiro atoms. The standard InChI is InChI=1S/C10H17N5O2.ClH/c1-7-6-8(16)14-9(13-7)15-10(17)12-5-3-2-4-11;/h6H,2-5,11H2,1H3,(H3,12,13,14,15,16,17);1H. The van der Waals surface area contributed by atoms with Crippen molar-refractivity contribution in [2.45, 2.75) is 19.8 Å². The van der Waals surface area contributed by atoms with Gasteiger partial charge in [-0.15, -0.1) is 12.4 Å². The number of nitrogens with one attached hydrogen (secondary N) is 3. The first-order valence-corrected chi connectivity index (χ1v) is 5.44. The highest BCUT2D eigenvalue weighted by atomic mass is 35.5. The van der Waals surface area contributed by atoms with Crippen molar-refractivity contribution >= 4 is 24.4 Å². The molecule has 102 valence electrons. The van der Waals surface area contributed by atoms with Crippen LogP contribution in [-0.2, 0) is 0 Å². The van der Waals surface area contributed by atoms with E-state index < -0.39 is 6.03 Å². The normalized spacial score (nSPS) is 9.44. The lowest BCUT2D eigenvalue weighted by molar-refractivity contribution is 0.251. The molecule has 1 heterocycles. The fourth-order valence-corrected chi connectivity index (χ4v) is 1.26. The lowest BCUT2D eigenvalue weighted by Gasteiger charge is -2.06. The van der Waals surface area contributed by atoms with Crippen molar-refractivity contribution in [3.63, 3.8) is 0 Å². The zero-order valence-corrected chi connectivity index (χ0v) is 11.0. The van der Waals surface area contributed by atoms with Crippen LogP contribution in [0.4, 0.5) is 10.7 Å². The van der Waals surface area contributed by atoms with Crippen molar-refractivity contribution in [3.05, 3.63) is 22.1 Å². The molecular weight excluding hydrogens is 258 g/mol. The van der Waals surface area contributed by atoms with Crippen LogP contribution in [0.1, 0.15) is 18.5 Å². The Labute approximate surface area is 111 Å². The number of aryl methyl sites for hydroxylation is 1. The number of aromatic nitrogens is 2. The predicted octanol–water partition coefficient (Wildman–Crippen LogP) is 0.361. The van der Waals surface area contributed by atoms with Crippen LogP contribution < -0.4 is 21.9 Å². The van der Waals surface area contributed by atoms with Crippen LogP contribution in [0.3, 0.4) is 0 Å². The highest BCUT2D eigenvalue weighted by molar-refractivity contribution is 5.87. The van der Waals surface area contributed by atoms with Crippen molar-refractivity contribution in [2.24, 2.45) is 5.73 Å². The zero-order chi connectivity index (χ0) is 12.7. The number of amides is 2. The molecule has 0 unspecified atom stereocenters. The third kappa shape index (κ3) is 6.21. The average Bonchev–Trinajstić information content (AvgIpc) is 2.23. The molecule has 1 aromatic rings. The molecule has 0 radical (unpaired) electrons. The van der Waals surface area contributed by atoms with Gasteiger partial charge in [-0.25, -0.2) is 9.78 Å². The summed E-state index contributed by atoms with van der Waals surface area (Å²) in [5.41, 5.74) is 5.58. The van der Waals surface area contributed by atoms with Crippen molar-refractivity contribution in [3.8, 4) is 0 Å². The highest BCUT2D eigenvalue weighted by Crippen LogP contribution is 1.95. The molecule has 0 aliphatic heterocycles. The highest BCUT2D eigenvalue weighted by Gasteiger charge is 2.03. The van der Waals surface area contributed by atoms with Gasteiger partial charge in [-0.05, 0) is 26.3 Å². The molecule has 5 N–H and O–H groups in total. The number of nitrogens with zero attached hydrogens (tertiary/aromatic N) is 1. The Balaban J connectivity index is 0.00000289. The van der Waals surface area contributed by atoms with Gasteiger partial charge < -0.3 is 11.1 Å². The Bertz CT molecular complexity index is 435. The van der Waals surface area contributed by atoms with Crippen LogP contribution >= 0.6 is 12.4 Å². The second-order valence-corrected chi connectivity index (χ2v) is 3.61. The largest absolute Gasteiger partial charge is 0.338 e. The number of anilines is 1. The number of halogens is 1. The third-order valence-corrected chi connectivity index (χ3v) is 2.02. The van der Waals surface area contributed by atoms with E-state index >= 15 is 0 Å². The Morgan fingerprint density at radius 3 is 2.83 bits per heavy atom. The number of urea groups is 1. The topological polar surface area (TPSA) is 113 Å². The van der Waals surface area contributed by atoms with Crippen molar-refractivity contribution in [1.29, 1.82) is 0 Å². The summed E-state index contributed by atoms with van der Waals surface area (Å²) in [4.78, 5) is 28.9. The molecule has 0 saturated heterocycles. The fraction of sp³-hybridized carbons (Fsp3) is 0.500. The number of hydrogen-bond donors (Lipinski definition) is 4. The van der Waals surface area contributed by atoms with Crippen LogP contribution in [0.2, 0.25) is 0 Å². The maximum Gasteiger partial charge on any atom is 0.321 e. The van der Waals surface area contributed by atoms with Crippen LogP contribution in [0.5, 0.6) is 0 Å². The Kier molecular flexibility index (Phi) is 7.73. The first-order valence-electron chi connectivity index (χ1n) is 5.44. The van der Waals surface area contributed by atoms with E-state index in [0.29, 0.717) is 18.8 Å². The summed E-state index contributed by atoms with van der Waals surface area (Å²) in [6, 6.07) is 0.959. The molecule has 0 aliphatic carbocycles. The maximum atomic E-state index is 11.4.